The molecule has 1 aromatic carbocycles. The minimum atomic E-state index is 0.765. The van der Waals surface area contributed by atoms with Crippen LogP contribution in [0.4, 0.5) is 5.69 Å². The van der Waals surface area contributed by atoms with Crippen molar-refractivity contribution in [2.75, 3.05) is 51.3 Å². The van der Waals surface area contributed by atoms with Gasteiger partial charge in [0, 0.05) is 45.3 Å². The van der Waals surface area contributed by atoms with Crippen LogP contribution in [0, 0.1) is 6.92 Å². The first kappa shape index (κ1) is 12.8. The van der Waals surface area contributed by atoms with Crippen molar-refractivity contribution in [2.24, 2.45) is 0 Å². The number of benzene rings is 1. The maximum atomic E-state index is 5.49. The maximum absolute atomic E-state index is 5.49. The molecule has 0 spiro atoms. The topological polar surface area (TPSA) is 27.7 Å². The lowest BCUT2D eigenvalue weighted by Crippen LogP contribution is -2.61. The fourth-order valence-corrected chi connectivity index (χ4v) is 2.91. The van der Waals surface area contributed by atoms with Crippen LogP contribution in [0.2, 0.25) is 0 Å². The van der Waals surface area contributed by atoms with Crippen molar-refractivity contribution in [3.8, 4) is 5.75 Å². The van der Waals surface area contributed by atoms with Gasteiger partial charge in [-0.15, -0.1) is 0 Å². The first-order valence-electron chi connectivity index (χ1n) is 7.12. The summed E-state index contributed by atoms with van der Waals surface area (Å²) in [7, 11) is 1.75. The number of anilines is 1. The van der Waals surface area contributed by atoms with Gasteiger partial charge < -0.3 is 15.0 Å². The van der Waals surface area contributed by atoms with Gasteiger partial charge in [0.1, 0.15) is 5.75 Å². The molecule has 0 atom stereocenters. The summed E-state index contributed by atoms with van der Waals surface area (Å²) in [5.41, 5.74) is 2.54. The molecule has 4 heteroatoms. The van der Waals surface area contributed by atoms with Gasteiger partial charge in [-0.3, -0.25) is 4.90 Å². The number of nitrogens with zero attached hydrogens (tertiary/aromatic N) is 2. The smallest absolute Gasteiger partial charge is 0.142 e. The number of nitrogens with one attached hydrogen (secondary N) is 1. The normalized spacial score (nSPS) is 21.3. The number of aryl methyl sites for hydroxylation is 1. The highest BCUT2D eigenvalue weighted by atomic mass is 16.5. The Morgan fingerprint density at radius 3 is 2.47 bits per heavy atom. The summed E-state index contributed by atoms with van der Waals surface area (Å²) in [5.74, 6) is 0.990. The van der Waals surface area contributed by atoms with Crippen LogP contribution in [0.3, 0.4) is 0 Å². The Morgan fingerprint density at radius 2 is 1.89 bits per heavy atom. The molecule has 0 unspecified atom stereocenters. The van der Waals surface area contributed by atoms with Crippen LogP contribution in [-0.4, -0.2) is 57.3 Å². The largest absolute Gasteiger partial charge is 0.495 e. The number of piperazine rings is 1. The minimum absolute atomic E-state index is 0.765. The third-order valence-corrected chi connectivity index (χ3v) is 4.27. The number of methoxy groups -OCH3 is 1. The van der Waals surface area contributed by atoms with E-state index >= 15 is 0 Å². The Kier molecular flexibility index (Phi) is 3.62. The Hall–Kier alpha value is -1.26. The molecule has 4 nitrogen and oxygen atoms in total. The molecule has 2 fully saturated rings. The number of hydrogen-bond acceptors (Lipinski definition) is 4. The van der Waals surface area contributed by atoms with Crippen molar-refractivity contribution < 1.29 is 4.74 Å². The van der Waals surface area contributed by atoms with Crippen molar-refractivity contribution >= 4 is 5.69 Å². The highest BCUT2D eigenvalue weighted by molar-refractivity contribution is 5.60. The van der Waals surface area contributed by atoms with E-state index < -0.39 is 0 Å². The quantitative estimate of drug-likeness (QED) is 0.882. The van der Waals surface area contributed by atoms with Gasteiger partial charge in [-0.2, -0.15) is 0 Å². The van der Waals surface area contributed by atoms with Gasteiger partial charge in [0.05, 0.1) is 12.8 Å². The van der Waals surface area contributed by atoms with Crippen LogP contribution in [0.1, 0.15) is 5.56 Å². The maximum Gasteiger partial charge on any atom is 0.142 e. The second-order valence-electron chi connectivity index (χ2n) is 5.51. The monoisotopic (exact) mass is 261 g/mol. The van der Waals surface area contributed by atoms with Gasteiger partial charge in [0.15, 0.2) is 0 Å². The van der Waals surface area contributed by atoms with Crippen LogP contribution >= 0.6 is 0 Å². The van der Waals surface area contributed by atoms with E-state index in [0.29, 0.717) is 0 Å². The lowest BCUT2D eigenvalue weighted by molar-refractivity contribution is 0.138. The minimum Gasteiger partial charge on any atom is -0.495 e. The lowest BCUT2D eigenvalue weighted by Gasteiger charge is -2.44. The highest BCUT2D eigenvalue weighted by Gasteiger charge is 2.28. The van der Waals surface area contributed by atoms with Crippen molar-refractivity contribution in [3.05, 3.63) is 23.8 Å². The molecule has 0 aromatic heterocycles. The predicted octanol–water partition coefficient (Wildman–Crippen LogP) is 1.10. The van der Waals surface area contributed by atoms with E-state index in [0.717, 1.165) is 51.1 Å². The lowest BCUT2D eigenvalue weighted by atomic mass is 10.1. The number of rotatable bonds is 3. The third-order valence-electron chi connectivity index (χ3n) is 4.27. The van der Waals surface area contributed by atoms with E-state index in [9.17, 15) is 0 Å². The molecule has 1 aromatic rings. The molecule has 0 bridgehead atoms. The van der Waals surface area contributed by atoms with Gasteiger partial charge in [-0.25, -0.2) is 0 Å². The van der Waals surface area contributed by atoms with Gasteiger partial charge >= 0.3 is 0 Å². The van der Waals surface area contributed by atoms with Crippen LogP contribution in [0.15, 0.2) is 18.2 Å². The fourth-order valence-electron chi connectivity index (χ4n) is 2.91. The van der Waals surface area contributed by atoms with Crippen LogP contribution < -0.4 is 15.0 Å². The molecule has 0 amide bonds. The zero-order valence-corrected chi connectivity index (χ0v) is 11.9. The molecular weight excluding hydrogens is 238 g/mol. The predicted molar refractivity (Wildman–Crippen MR) is 78.2 cm³/mol. The summed E-state index contributed by atoms with van der Waals surface area (Å²) < 4.78 is 5.49. The van der Waals surface area contributed by atoms with Gasteiger partial charge in [-0.1, -0.05) is 6.07 Å². The molecule has 2 aliphatic rings. The molecular formula is C15H23N3O. The first-order valence-corrected chi connectivity index (χ1v) is 7.12. The second kappa shape index (κ2) is 5.39. The molecule has 2 aliphatic heterocycles. The van der Waals surface area contributed by atoms with E-state index in [2.05, 4.69) is 40.2 Å². The van der Waals surface area contributed by atoms with Crippen molar-refractivity contribution in [2.45, 2.75) is 13.0 Å². The zero-order valence-electron chi connectivity index (χ0n) is 11.9. The van der Waals surface area contributed by atoms with Crippen LogP contribution in [-0.2, 0) is 0 Å². The average Bonchev–Trinajstić information content (AvgIpc) is 2.37. The summed E-state index contributed by atoms with van der Waals surface area (Å²) >= 11 is 0. The van der Waals surface area contributed by atoms with E-state index in [1.54, 1.807) is 7.11 Å². The highest BCUT2D eigenvalue weighted by Crippen LogP contribution is 2.30. The second-order valence-corrected chi connectivity index (χ2v) is 5.51. The van der Waals surface area contributed by atoms with Crippen LogP contribution in [0.25, 0.3) is 0 Å². The summed E-state index contributed by atoms with van der Waals surface area (Å²) in [4.78, 5) is 5.06. The molecule has 3 rings (SSSR count). The summed E-state index contributed by atoms with van der Waals surface area (Å²) in [6.07, 6.45) is 0. The summed E-state index contributed by atoms with van der Waals surface area (Å²) in [6, 6.07) is 7.19. The van der Waals surface area contributed by atoms with E-state index in [4.69, 9.17) is 4.74 Å². The van der Waals surface area contributed by atoms with Crippen molar-refractivity contribution in [1.82, 2.24) is 10.2 Å². The SMILES string of the molecule is COc1ccc(C)cc1N1CCN(C2CNC2)CC1. The average molecular weight is 261 g/mol. The Morgan fingerprint density at radius 1 is 1.16 bits per heavy atom. The Labute approximate surface area is 115 Å². The van der Waals surface area contributed by atoms with Crippen molar-refractivity contribution in [1.29, 1.82) is 0 Å². The standard InChI is InChI=1S/C15H23N3O/c1-12-3-4-15(19-2)14(9-12)18-7-5-17(6-8-18)13-10-16-11-13/h3-4,9,13,16H,5-8,10-11H2,1-2H3. The summed E-state index contributed by atoms with van der Waals surface area (Å²) in [5, 5.41) is 3.35. The van der Waals surface area contributed by atoms with Gasteiger partial charge in [-0.05, 0) is 24.6 Å². The fraction of sp³-hybridized carbons (Fsp3) is 0.600. The third kappa shape index (κ3) is 2.55. The van der Waals surface area contributed by atoms with E-state index in [-0.39, 0.29) is 0 Å². The molecule has 19 heavy (non-hydrogen) atoms. The van der Waals surface area contributed by atoms with Gasteiger partial charge in [0.25, 0.3) is 0 Å². The number of ether oxygens (including phenoxy) is 1. The van der Waals surface area contributed by atoms with E-state index in [1.165, 1.54) is 11.3 Å². The Bertz CT molecular complexity index is 437. The molecule has 0 radical (unpaired) electrons. The molecule has 2 heterocycles. The zero-order chi connectivity index (χ0) is 13.2. The van der Waals surface area contributed by atoms with Gasteiger partial charge in [0.2, 0.25) is 0 Å². The molecule has 1 N–H and O–H groups in total. The van der Waals surface area contributed by atoms with E-state index in [1.807, 2.05) is 0 Å². The summed E-state index contributed by atoms with van der Waals surface area (Å²) in [6.45, 7) is 8.96. The number of hydrogen-bond donors (Lipinski definition) is 1. The Balaban J connectivity index is 1.68. The van der Waals surface area contributed by atoms with Crippen LogP contribution in [0.5, 0.6) is 5.75 Å². The van der Waals surface area contributed by atoms with Crippen molar-refractivity contribution in [3.63, 3.8) is 0 Å². The molecule has 2 saturated heterocycles. The first-order chi connectivity index (χ1) is 9.28. The molecule has 104 valence electrons. The molecule has 0 saturated carbocycles. The molecule has 0 aliphatic carbocycles.